The fraction of sp³-hybridized carbons (Fsp3) is 0.462. The predicted molar refractivity (Wildman–Crippen MR) is 71.7 cm³/mol. The molecule has 0 aromatic heterocycles. The molecule has 0 saturated carbocycles. The highest BCUT2D eigenvalue weighted by atomic mass is 79.9. The molecule has 0 radical (unpaired) electrons. The van der Waals surface area contributed by atoms with E-state index in [1.165, 1.54) is 6.07 Å². The topological polar surface area (TPSA) is 41.1 Å². The normalized spacial score (nSPS) is 21.5. The molecule has 0 aliphatic carbocycles. The zero-order valence-electron chi connectivity index (χ0n) is 10.2. The molecule has 1 aliphatic rings. The van der Waals surface area contributed by atoms with E-state index in [1.54, 1.807) is 12.1 Å². The molecule has 1 aliphatic heterocycles. The first-order valence-corrected chi connectivity index (χ1v) is 6.86. The molecular weight excluding hydrogens is 299 g/mol. The molecule has 1 amide bonds. The van der Waals surface area contributed by atoms with Crippen LogP contribution in [0.25, 0.3) is 0 Å². The summed E-state index contributed by atoms with van der Waals surface area (Å²) in [5.74, 6) is -0.258. The number of hydrogen-bond donors (Lipinski definition) is 2. The van der Waals surface area contributed by atoms with Crippen LogP contribution in [0.3, 0.4) is 0 Å². The van der Waals surface area contributed by atoms with Crippen molar-refractivity contribution in [2.75, 3.05) is 6.54 Å². The fourth-order valence-electron chi connectivity index (χ4n) is 2.18. The van der Waals surface area contributed by atoms with E-state index in [4.69, 9.17) is 0 Å². The van der Waals surface area contributed by atoms with Crippen molar-refractivity contribution in [2.24, 2.45) is 0 Å². The number of benzene rings is 1. The van der Waals surface area contributed by atoms with Gasteiger partial charge in [-0.2, -0.15) is 0 Å². The van der Waals surface area contributed by atoms with E-state index >= 15 is 0 Å². The van der Waals surface area contributed by atoms with Gasteiger partial charge in [-0.1, -0.05) is 22.0 Å². The summed E-state index contributed by atoms with van der Waals surface area (Å²) in [6.45, 7) is 2.60. The molecule has 1 fully saturated rings. The standard InChI is InChI=1S/C13H16BrFN2O/c1-8(10-5-4-9(14)7-11(10)15)17-12-3-2-6-16-13(12)18/h4-5,7-8,12,17H,2-3,6H2,1H3,(H,16,18). The average molecular weight is 315 g/mol. The van der Waals surface area contributed by atoms with Gasteiger partial charge in [0.1, 0.15) is 5.82 Å². The quantitative estimate of drug-likeness (QED) is 0.900. The maximum atomic E-state index is 13.8. The van der Waals surface area contributed by atoms with Crippen LogP contribution in [-0.4, -0.2) is 18.5 Å². The van der Waals surface area contributed by atoms with Gasteiger partial charge in [0.05, 0.1) is 6.04 Å². The number of carbonyl (C=O) groups excluding carboxylic acids is 1. The van der Waals surface area contributed by atoms with E-state index in [9.17, 15) is 9.18 Å². The Morgan fingerprint density at radius 2 is 2.33 bits per heavy atom. The molecular formula is C13H16BrFN2O. The summed E-state index contributed by atoms with van der Waals surface area (Å²) in [7, 11) is 0. The van der Waals surface area contributed by atoms with Crippen molar-refractivity contribution >= 4 is 21.8 Å². The van der Waals surface area contributed by atoms with E-state index in [1.807, 2.05) is 6.92 Å². The smallest absolute Gasteiger partial charge is 0.237 e. The molecule has 2 atom stereocenters. The molecule has 0 bridgehead atoms. The maximum absolute atomic E-state index is 13.8. The molecule has 0 spiro atoms. The number of halogens is 2. The van der Waals surface area contributed by atoms with E-state index in [2.05, 4.69) is 26.6 Å². The van der Waals surface area contributed by atoms with Crippen molar-refractivity contribution in [3.05, 3.63) is 34.1 Å². The Morgan fingerprint density at radius 3 is 3.00 bits per heavy atom. The molecule has 2 N–H and O–H groups in total. The van der Waals surface area contributed by atoms with E-state index in [0.29, 0.717) is 10.0 Å². The molecule has 18 heavy (non-hydrogen) atoms. The third kappa shape index (κ3) is 3.09. The lowest BCUT2D eigenvalue weighted by Crippen LogP contribution is -2.48. The largest absolute Gasteiger partial charge is 0.355 e. The Hall–Kier alpha value is -0.940. The summed E-state index contributed by atoms with van der Waals surface area (Å²) < 4.78 is 14.5. The Morgan fingerprint density at radius 1 is 1.56 bits per heavy atom. The van der Waals surface area contributed by atoms with Crippen LogP contribution in [0.15, 0.2) is 22.7 Å². The third-order valence-electron chi connectivity index (χ3n) is 3.17. The van der Waals surface area contributed by atoms with Crippen molar-refractivity contribution in [2.45, 2.75) is 31.8 Å². The minimum atomic E-state index is -0.263. The number of piperidine rings is 1. The van der Waals surface area contributed by atoms with Crippen molar-refractivity contribution in [1.29, 1.82) is 0 Å². The predicted octanol–water partition coefficient (Wildman–Crippen LogP) is 2.52. The second kappa shape index (κ2) is 5.80. The van der Waals surface area contributed by atoms with Gasteiger partial charge in [0, 0.05) is 22.6 Å². The van der Waals surface area contributed by atoms with Crippen molar-refractivity contribution in [3.63, 3.8) is 0 Å². The summed E-state index contributed by atoms with van der Waals surface area (Å²) >= 11 is 3.23. The second-order valence-electron chi connectivity index (χ2n) is 4.54. The van der Waals surface area contributed by atoms with Gasteiger partial charge in [0.15, 0.2) is 0 Å². The van der Waals surface area contributed by atoms with Crippen LogP contribution in [0.4, 0.5) is 4.39 Å². The van der Waals surface area contributed by atoms with E-state index < -0.39 is 0 Å². The minimum absolute atomic E-state index is 0.00520. The second-order valence-corrected chi connectivity index (χ2v) is 5.46. The number of nitrogens with one attached hydrogen (secondary N) is 2. The number of amides is 1. The monoisotopic (exact) mass is 314 g/mol. The molecule has 2 rings (SSSR count). The highest BCUT2D eigenvalue weighted by Gasteiger charge is 2.24. The highest BCUT2D eigenvalue weighted by molar-refractivity contribution is 9.10. The van der Waals surface area contributed by atoms with Gasteiger partial charge in [-0.3, -0.25) is 10.1 Å². The van der Waals surface area contributed by atoms with Crippen LogP contribution in [-0.2, 0) is 4.79 Å². The summed E-state index contributed by atoms with van der Waals surface area (Å²) in [6, 6.07) is 4.56. The van der Waals surface area contributed by atoms with Crippen LogP contribution in [0, 0.1) is 5.82 Å². The summed E-state index contributed by atoms with van der Waals surface area (Å²) in [5.41, 5.74) is 0.580. The van der Waals surface area contributed by atoms with Gasteiger partial charge in [-0.25, -0.2) is 4.39 Å². The van der Waals surface area contributed by atoms with Gasteiger partial charge < -0.3 is 5.32 Å². The van der Waals surface area contributed by atoms with Crippen molar-refractivity contribution in [1.82, 2.24) is 10.6 Å². The Labute approximate surface area is 114 Å². The fourth-order valence-corrected chi connectivity index (χ4v) is 2.51. The van der Waals surface area contributed by atoms with Gasteiger partial charge in [0.25, 0.3) is 0 Å². The van der Waals surface area contributed by atoms with Crippen LogP contribution < -0.4 is 10.6 Å². The van der Waals surface area contributed by atoms with E-state index in [-0.39, 0.29) is 23.8 Å². The summed E-state index contributed by atoms with van der Waals surface area (Å²) in [5, 5.41) is 5.99. The van der Waals surface area contributed by atoms with Crippen LogP contribution in [0.1, 0.15) is 31.4 Å². The number of rotatable bonds is 3. The van der Waals surface area contributed by atoms with Gasteiger partial charge in [0.2, 0.25) is 5.91 Å². The highest BCUT2D eigenvalue weighted by Crippen LogP contribution is 2.22. The molecule has 1 aromatic carbocycles. The zero-order chi connectivity index (χ0) is 13.1. The van der Waals surface area contributed by atoms with Gasteiger partial charge in [-0.15, -0.1) is 0 Å². The molecule has 3 nitrogen and oxygen atoms in total. The molecule has 1 heterocycles. The van der Waals surface area contributed by atoms with Gasteiger partial charge in [-0.05, 0) is 31.9 Å². The lowest BCUT2D eigenvalue weighted by atomic mass is 10.0. The molecule has 5 heteroatoms. The first-order chi connectivity index (χ1) is 8.58. The maximum Gasteiger partial charge on any atom is 0.237 e. The Kier molecular flexibility index (Phi) is 4.35. The number of hydrogen-bond acceptors (Lipinski definition) is 2. The molecule has 98 valence electrons. The Bertz CT molecular complexity index is 453. The lowest BCUT2D eigenvalue weighted by Gasteiger charge is -2.26. The van der Waals surface area contributed by atoms with Crippen LogP contribution >= 0.6 is 15.9 Å². The SMILES string of the molecule is CC(NC1CCCNC1=O)c1ccc(Br)cc1F. The van der Waals surface area contributed by atoms with Gasteiger partial charge >= 0.3 is 0 Å². The zero-order valence-corrected chi connectivity index (χ0v) is 11.8. The molecule has 2 unspecified atom stereocenters. The first kappa shape index (κ1) is 13.5. The number of carbonyl (C=O) groups is 1. The molecule has 1 saturated heterocycles. The Balaban J connectivity index is 2.06. The first-order valence-electron chi connectivity index (χ1n) is 6.06. The minimum Gasteiger partial charge on any atom is -0.355 e. The lowest BCUT2D eigenvalue weighted by molar-refractivity contribution is -0.124. The third-order valence-corrected chi connectivity index (χ3v) is 3.66. The average Bonchev–Trinajstić information content (AvgIpc) is 2.32. The summed E-state index contributed by atoms with van der Waals surface area (Å²) in [6.07, 6.45) is 1.76. The van der Waals surface area contributed by atoms with Crippen LogP contribution in [0.2, 0.25) is 0 Å². The van der Waals surface area contributed by atoms with Crippen molar-refractivity contribution < 1.29 is 9.18 Å². The summed E-state index contributed by atoms with van der Waals surface area (Å²) in [4.78, 5) is 11.6. The van der Waals surface area contributed by atoms with Crippen LogP contribution in [0.5, 0.6) is 0 Å². The van der Waals surface area contributed by atoms with E-state index in [0.717, 1.165) is 19.4 Å². The molecule has 1 aromatic rings. The van der Waals surface area contributed by atoms with Crippen molar-refractivity contribution in [3.8, 4) is 0 Å².